The molecule has 0 spiro atoms. The summed E-state index contributed by atoms with van der Waals surface area (Å²) >= 11 is 0. The highest BCUT2D eigenvalue weighted by atomic mass is 31.2. The van der Waals surface area contributed by atoms with Gasteiger partial charge in [-0.15, -0.1) is 5.06 Å². The van der Waals surface area contributed by atoms with E-state index in [1.165, 1.54) is 0 Å². The third kappa shape index (κ3) is 5.84. The van der Waals surface area contributed by atoms with E-state index in [1.54, 1.807) is 24.3 Å². The zero-order chi connectivity index (χ0) is 22.3. The van der Waals surface area contributed by atoms with E-state index in [2.05, 4.69) is 37.2 Å². The summed E-state index contributed by atoms with van der Waals surface area (Å²) in [6.45, 7) is 17.7. The molecule has 1 aliphatic rings. The van der Waals surface area contributed by atoms with Gasteiger partial charge in [0.1, 0.15) is 13.2 Å². The van der Waals surface area contributed by atoms with Crippen molar-refractivity contribution in [2.45, 2.75) is 59.2 Å². The molecule has 0 aliphatic carbocycles. The quantitative estimate of drug-likeness (QED) is 0.211. The van der Waals surface area contributed by atoms with E-state index in [-0.39, 0.29) is 37.9 Å². The summed E-state index contributed by atoms with van der Waals surface area (Å²) in [7, 11) is -1.43. The molecule has 2 amide bonds. The van der Waals surface area contributed by atoms with Gasteiger partial charge in [0.15, 0.2) is 0 Å². The van der Waals surface area contributed by atoms with Crippen LogP contribution in [0.5, 0.6) is 0 Å². The number of fused-ring (bicyclic) bond motifs is 1. The number of hydrogen-bond donors (Lipinski definition) is 0. The number of amides is 2. The smallest absolute Gasteiger partial charge is 0.285 e. The molecule has 2 rings (SSSR count). The molecule has 0 saturated heterocycles. The Morgan fingerprint density at radius 3 is 2.13 bits per heavy atom. The summed E-state index contributed by atoms with van der Waals surface area (Å²) in [5, 5.41) is 0.807. The van der Waals surface area contributed by atoms with Gasteiger partial charge in [0.05, 0.1) is 17.2 Å². The standard InChI is InChI=1S/C21H30N3O5P/c1-7-17(29-30(28-13-12-22-6)24(15(2)3)16(4)5)14-27-23-20(25)18-10-8-9-11-19(18)21(23)26/h8-11,15-17H,7,12-14H2,1-5H3. The van der Waals surface area contributed by atoms with Crippen molar-refractivity contribution in [3.63, 3.8) is 0 Å². The van der Waals surface area contributed by atoms with Gasteiger partial charge >= 0.3 is 0 Å². The molecule has 0 bridgehead atoms. The minimum Gasteiger partial charge on any atom is -0.316 e. The van der Waals surface area contributed by atoms with E-state index in [4.69, 9.17) is 20.5 Å². The van der Waals surface area contributed by atoms with Gasteiger partial charge in [0.25, 0.3) is 20.3 Å². The fourth-order valence-electron chi connectivity index (χ4n) is 3.08. The monoisotopic (exact) mass is 435 g/mol. The predicted molar refractivity (Wildman–Crippen MR) is 115 cm³/mol. The van der Waals surface area contributed by atoms with Crippen LogP contribution in [0.1, 0.15) is 61.8 Å². The van der Waals surface area contributed by atoms with Gasteiger partial charge in [-0.1, -0.05) is 19.1 Å². The topological polar surface area (TPSA) is 72.7 Å². The van der Waals surface area contributed by atoms with Crippen LogP contribution >= 0.6 is 8.53 Å². The number of carbonyl (C=O) groups excluding carboxylic acids is 2. The molecule has 1 aromatic rings. The first-order valence-corrected chi connectivity index (χ1v) is 11.3. The molecule has 1 heterocycles. The molecule has 1 aromatic carbocycles. The van der Waals surface area contributed by atoms with Crippen LogP contribution in [0.3, 0.4) is 0 Å². The van der Waals surface area contributed by atoms with Gasteiger partial charge in [-0.3, -0.25) is 14.4 Å². The summed E-state index contributed by atoms with van der Waals surface area (Å²) in [5.74, 6) is -0.931. The molecular weight excluding hydrogens is 405 g/mol. The second kappa shape index (κ2) is 11.5. The summed E-state index contributed by atoms with van der Waals surface area (Å²) in [5.41, 5.74) is 0.680. The molecule has 0 saturated carbocycles. The summed E-state index contributed by atoms with van der Waals surface area (Å²) in [6, 6.07) is 7.01. The number of nitrogens with zero attached hydrogens (tertiary/aromatic N) is 3. The number of rotatable bonds is 12. The van der Waals surface area contributed by atoms with Gasteiger partial charge in [-0.25, -0.2) is 11.2 Å². The zero-order valence-electron chi connectivity index (χ0n) is 18.2. The Balaban J connectivity index is 2.05. The molecule has 2 atom stereocenters. The fraction of sp³-hybridized carbons (Fsp3) is 0.571. The highest BCUT2D eigenvalue weighted by molar-refractivity contribution is 7.44. The van der Waals surface area contributed by atoms with Crippen LogP contribution in [0.4, 0.5) is 0 Å². The van der Waals surface area contributed by atoms with E-state index in [0.717, 1.165) is 5.06 Å². The number of carbonyl (C=O) groups is 2. The second-order valence-corrected chi connectivity index (χ2v) is 8.81. The van der Waals surface area contributed by atoms with E-state index in [0.29, 0.717) is 17.5 Å². The summed E-state index contributed by atoms with van der Waals surface area (Å²) in [6.07, 6.45) is 0.228. The normalized spacial score (nSPS) is 15.8. The van der Waals surface area contributed by atoms with E-state index >= 15 is 0 Å². The maximum Gasteiger partial charge on any atom is 0.285 e. The van der Waals surface area contributed by atoms with Crippen molar-refractivity contribution in [2.24, 2.45) is 0 Å². The molecule has 0 N–H and O–H groups in total. The van der Waals surface area contributed by atoms with Gasteiger partial charge in [-0.2, -0.15) is 0 Å². The molecular formula is C21H30N3O5P. The molecule has 2 unspecified atom stereocenters. The van der Waals surface area contributed by atoms with E-state index in [9.17, 15) is 9.59 Å². The lowest BCUT2D eigenvalue weighted by Gasteiger charge is -2.37. The first-order chi connectivity index (χ1) is 14.3. The average molecular weight is 435 g/mol. The number of hydroxylamine groups is 2. The molecule has 1 aliphatic heterocycles. The molecule has 164 valence electrons. The molecule has 0 fully saturated rings. The number of benzene rings is 1. The molecule has 9 heteroatoms. The predicted octanol–water partition coefficient (Wildman–Crippen LogP) is 4.29. The number of hydrogen-bond acceptors (Lipinski definition) is 6. The molecule has 30 heavy (non-hydrogen) atoms. The number of imide groups is 1. The largest absolute Gasteiger partial charge is 0.316 e. The second-order valence-electron chi connectivity index (χ2n) is 7.40. The minimum absolute atomic E-state index is 0.0387. The van der Waals surface area contributed by atoms with E-state index in [1.807, 2.05) is 6.92 Å². The zero-order valence-corrected chi connectivity index (χ0v) is 19.1. The van der Waals surface area contributed by atoms with E-state index < -0.39 is 20.3 Å². The van der Waals surface area contributed by atoms with Crippen molar-refractivity contribution in [3.05, 3.63) is 46.8 Å². The SMILES string of the molecule is [C-]#[N+]CCOP(OC(CC)CON1C(=O)c2ccccc2C1=O)N(C(C)C)C(C)C. The van der Waals surface area contributed by atoms with Crippen LogP contribution in [0, 0.1) is 6.57 Å². The first-order valence-electron chi connectivity index (χ1n) is 10.1. The van der Waals surface area contributed by atoms with Crippen LogP contribution in [-0.2, 0) is 13.9 Å². The van der Waals surface area contributed by atoms with Crippen molar-refractivity contribution >= 4 is 20.3 Å². The Morgan fingerprint density at radius 2 is 1.67 bits per heavy atom. The van der Waals surface area contributed by atoms with Crippen molar-refractivity contribution in [2.75, 3.05) is 19.8 Å². The average Bonchev–Trinajstić information content (AvgIpc) is 2.95. The summed E-state index contributed by atoms with van der Waals surface area (Å²) < 4.78 is 14.3. The Morgan fingerprint density at radius 1 is 1.10 bits per heavy atom. The maximum atomic E-state index is 12.5. The fourth-order valence-corrected chi connectivity index (χ4v) is 4.84. The van der Waals surface area contributed by atoms with Crippen molar-refractivity contribution in [1.29, 1.82) is 0 Å². The Kier molecular flexibility index (Phi) is 9.35. The van der Waals surface area contributed by atoms with Gasteiger partial charge in [0, 0.05) is 12.1 Å². The highest BCUT2D eigenvalue weighted by Gasteiger charge is 2.37. The lowest BCUT2D eigenvalue weighted by molar-refractivity contribution is -0.113. The van der Waals surface area contributed by atoms with Gasteiger partial charge in [0.2, 0.25) is 6.54 Å². The Labute approximate surface area is 179 Å². The summed E-state index contributed by atoms with van der Waals surface area (Å²) in [4.78, 5) is 33.9. The van der Waals surface area contributed by atoms with Crippen LogP contribution in [0.25, 0.3) is 4.85 Å². The maximum absolute atomic E-state index is 12.5. The minimum atomic E-state index is -1.43. The van der Waals surface area contributed by atoms with Gasteiger partial charge < -0.3 is 13.9 Å². The third-order valence-electron chi connectivity index (χ3n) is 4.49. The van der Waals surface area contributed by atoms with Crippen molar-refractivity contribution in [3.8, 4) is 0 Å². The van der Waals surface area contributed by atoms with Crippen molar-refractivity contribution in [1.82, 2.24) is 9.73 Å². The highest BCUT2D eigenvalue weighted by Crippen LogP contribution is 2.47. The van der Waals surface area contributed by atoms with Gasteiger partial charge in [-0.05, 0) is 46.2 Å². The van der Waals surface area contributed by atoms with Crippen LogP contribution in [-0.4, -0.2) is 59.5 Å². The van der Waals surface area contributed by atoms with Crippen molar-refractivity contribution < 1.29 is 23.5 Å². The Bertz CT molecular complexity index is 737. The first kappa shape index (κ1) is 24.4. The Hall–Kier alpha value is -1.88. The lowest BCUT2D eigenvalue weighted by Crippen LogP contribution is -2.37. The third-order valence-corrected chi connectivity index (χ3v) is 6.68. The van der Waals surface area contributed by atoms with Crippen LogP contribution < -0.4 is 0 Å². The molecule has 8 nitrogen and oxygen atoms in total. The van der Waals surface area contributed by atoms with Crippen LogP contribution in [0.15, 0.2) is 24.3 Å². The molecule has 0 aromatic heterocycles. The lowest BCUT2D eigenvalue weighted by atomic mass is 10.1. The van der Waals surface area contributed by atoms with Crippen LogP contribution in [0.2, 0.25) is 0 Å². The molecule has 0 radical (unpaired) electrons.